The van der Waals surface area contributed by atoms with E-state index in [2.05, 4.69) is 10.6 Å². The van der Waals surface area contributed by atoms with Crippen LogP contribution in [0.2, 0.25) is 0 Å². The second kappa shape index (κ2) is 9.20. The molecule has 2 bridgehead atoms. The third-order valence-electron chi connectivity index (χ3n) is 5.98. The molecule has 0 aliphatic carbocycles. The quantitative estimate of drug-likeness (QED) is 0.677. The van der Waals surface area contributed by atoms with Gasteiger partial charge in [0.25, 0.3) is 5.56 Å². The molecule has 0 radical (unpaired) electrons. The zero-order valence-corrected chi connectivity index (χ0v) is 18.9. The number of Topliss-reactive ketones (excluding diaryl/α,β-unsaturated/α-hetero) is 1. The highest BCUT2D eigenvalue weighted by Gasteiger charge is 2.36. The lowest BCUT2D eigenvalue weighted by Crippen LogP contribution is -2.50. The van der Waals surface area contributed by atoms with Crippen LogP contribution in [-0.4, -0.2) is 52.3 Å². The van der Waals surface area contributed by atoms with Crippen molar-refractivity contribution < 1.29 is 14.4 Å². The van der Waals surface area contributed by atoms with Gasteiger partial charge in [-0.3, -0.25) is 14.4 Å². The molecular weight excluding hydrogens is 428 g/mol. The number of carbonyl (C=O) groups is 3. The van der Waals surface area contributed by atoms with Gasteiger partial charge in [-0.1, -0.05) is 0 Å². The minimum absolute atomic E-state index is 0.0207. The van der Waals surface area contributed by atoms with Crippen LogP contribution in [0.3, 0.4) is 0 Å². The van der Waals surface area contributed by atoms with Crippen molar-refractivity contribution in [2.24, 2.45) is 5.92 Å². The lowest BCUT2D eigenvalue weighted by molar-refractivity contribution is -0.113. The Morgan fingerprint density at radius 1 is 1.03 bits per heavy atom. The average Bonchev–Trinajstić information content (AvgIpc) is 2.76. The number of urea groups is 1. The summed E-state index contributed by atoms with van der Waals surface area (Å²) in [4.78, 5) is 50.9. The summed E-state index contributed by atoms with van der Waals surface area (Å²) in [5.41, 5.74) is 2.25. The van der Waals surface area contributed by atoms with Crippen LogP contribution >= 0.6 is 11.8 Å². The Kier molecular flexibility index (Phi) is 6.36. The molecular formula is C23H26N4O4S. The van der Waals surface area contributed by atoms with Crippen molar-refractivity contribution >= 4 is 40.9 Å². The normalized spacial score (nSPS) is 19.1. The number of nitrogens with zero attached hydrogens (tertiary/aromatic N) is 2. The van der Waals surface area contributed by atoms with Gasteiger partial charge in [0, 0.05) is 42.5 Å². The number of benzene rings is 1. The number of pyridine rings is 1. The molecule has 168 valence electrons. The molecule has 2 N–H and O–H groups in total. The van der Waals surface area contributed by atoms with Gasteiger partial charge >= 0.3 is 6.03 Å². The zero-order valence-electron chi connectivity index (χ0n) is 18.1. The molecule has 0 spiro atoms. The van der Waals surface area contributed by atoms with Crippen molar-refractivity contribution in [3.63, 3.8) is 0 Å². The van der Waals surface area contributed by atoms with Crippen LogP contribution in [-0.2, 0) is 11.3 Å². The minimum atomic E-state index is -0.190. The topological polar surface area (TPSA) is 101 Å². The number of ketones is 1. The van der Waals surface area contributed by atoms with Gasteiger partial charge in [0.05, 0.1) is 5.75 Å². The van der Waals surface area contributed by atoms with Crippen LogP contribution in [0.25, 0.3) is 0 Å². The summed E-state index contributed by atoms with van der Waals surface area (Å²) in [5.74, 6) is 0.324. The Morgan fingerprint density at radius 3 is 2.47 bits per heavy atom. The number of likely N-dealkylation sites (tertiary alicyclic amines) is 1. The molecule has 3 heterocycles. The molecule has 9 heteroatoms. The SMILES string of the molecule is CSCC(=O)Nc1ccc2n(c1=O)C[C@H]1C[C@@H]2CN(C(=O)Nc2ccc(C(C)=O)cc2)C1. The molecule has 0 saturated carbocycles. The highest BCUT2D eigenvalue weighted by atomic mass is 32.2. The monoisotopic (exact) mass is 454 g/mol. The van der Waals surface area contributed by atoms with Gasteiger partial charge in [-0.25, -0.2) is 4.79 Å². The number of thioether (sulfide) groups is 1. The van der Waals surface area contributed by atoms with Crippen molar-refractivity contribution in [3.05, 3.63) is 58.0 Å². The molecule has 2 aliphatic heterocycles. The van der Waals surface area contributed by atoms with Crippen molar-refractivity contribution in [2.45, 2.75) is 25.8 Å². The van der Waals surface area contributed by atoms with Gasteiger partial charge in [0.2, 0.25) is 5.91 Å². The van der Waals surface area contributed by atoms with E-state index in [0.29, 0.717) is 42.3 Å². The van der Waals surface area contributed by atoms with E-state index in [0.717, 1.165) is 12.1 Å². The molecule has 2 atom stereocenters. The second-order valence-electron chi connectivity index (χ2n) is 8.34. The number of rotatable bonds is 5. The molecule has 3 amide bonds. The summed E-state index contributed by atoms with van der Waals surface area (Å²) in [6.45, 7) is 3.10. The first-order chi connectivity index (χ1) is 15.4. The Hall–Kier alpha value is -3.07. The van der Waals surface area contributed by atoms with Gasteiger partial charge in [-0.2, -0.15) is 11.8 Å². The van der Waals surface area contributed by atoms with E-state index in [4.69, 9.17) is 0 Å². The first-order valence-electron chi connectivity index (χ1n) is 10.5. The van der Waals surface area contributed by atoms with E-state index in [9.17, 15) is 19.2 Å². The third kappa shape index (κ3) is 4.57. The summed E-state index contributed by atoms with van der Waals surface area (Å²) < 4.78 is 1.75. The van der Waals surface area contributed by atoms with Gasteiger partial charge in [0.1, 0.15) is 5.69 Å². The van der Waals surface area contributed by atoms with Gasteiger partial charge < -0.3 is 20.1 Å². The smallest absolute Gasteiger partial charge is 0.321 e. The molecule has 2 aromatic rings. The highest BCUT2D eigenvalue weighted by molar-refractivity contribution is 7.99. The Morgan fingerprint density at radius 2 is 1.78 bits per heavy atom. The van der Waals surface area contributed by atoms with Crippen LogP contribution in [0.5, 0.6) is 0 Å². The van der Waals surface area contributed by atoms with Crippen molar-refractivity contribution in [1.82, 2.24) is 9.47 Å². The lowest BCUT2D eigenvalue weighted by atomic mass is 9.83. The van der Waals surface area contributed by atoms with Gasteiger partial charge in [-0.15, -0.1) is 0 Å². The summed E-state index contributed by atoms with van der Waals surface area (Å²) in [5, 5.41) is 5.61. The second-order valence-corrected chi connectivity index (χ2v) is 9.20. The molecule has 1 aromatic heterocycles. The minimum Gasteiger partial charge on any atom is -0.324 e. The Labute approximate surface area is 190 Å². The van der Waals surface area contributed by atoms with Crippen molar-refractivity contribution in [1.29, 1.82) is 0 Å². The van der Waals surface area contributed by atoms with E-state index in [1.54, 1.807) is 39.8 Å². The molecule has 1 saturated heterocycles. The average molecular weight is 455 g/mol. The fourth-order valence-electron chi connectivity index (χ4n) is 4.51. The number of hydrogen-bond acceptors (Lipinski definition) is 5. The molecule has 2 aliphatic rings. The number of anilines is 2. The van der Waals surface area contributed by atoms with E-state index in [1.165, 1.54) is 18.7 Å². The Bertz CT molecular complexity index is 1110. The first-order valence-corrected chi connectivity index (χ1v) is 11.9. The predicted octanol–water partition coefficient (Wildman–Crippen LogP) is 3.00. The maximum atomic E-state index is 12.9. The van der Waals surface area contributed by atoms with Crippen LogP contribution < -0.4 is 16.2 Å². The maximum absolute atomic E-state index is 12.9. The van der Waals surface area contributed by atoms with Crippen LogP contribution in [0.15, 0.2) is 41.2 Å². The zero-order chi connectivity index (χ0) is 22.8. The van der Waals surface area contributed by atoms with E-state index < -0.39 is 0 Å². The number of carbonyl (C=O) groups excluding carboxylic acids is 3. The molecule has 4 rings (SSSR count). The molecule has 32 heavy (non-hydrogen) atoms. The maximum Gasteiger partial charge on any atom is 0.321 e. The molecule has 0 unspecified atom stereocenters. The van der Waals surface area contributed by atoms with Crippen molar-refractivity contribution in [3.8, 4) is 0 Å². The van der Waals surface area contributed by atoms with Crippen LogP contribution in [0.4, 0.5) is 16.2 Å². The van der Waals surface area contributed by atoms with Crippen LogP contribution in [0, 0.1) is 5.92 Å². The van der Waals surface area contributed by atoms with E-state index in [-0.39, 0.29) is 35.1 Å². The van der Waals surface area contributed by atoms with E-state index >= 15 is 0 Å². The fourth-order valence-corrected chi connectivity index (χ4v) is 4.85. The number of aromatic nitrogens is 1. The summed E-state index contributed by atoms with van der Waals surface area (Å²) >= 11 is 1.40. The van der Waals surface area contributed by atoms with E-state index in [1.807, 2.05) is 12.3 Å². The fraction of sp³-hybridized carbons (Fsp3) is 0.391. The standard InChI is InChI=1S/C23H26N4O4S/c1-14(28)16-3-5-18(6-4-16)24-23(31)26-10-15-9-17(12-26)20-8-7-19(22(30)27(20)11-15)25-21(29)13-32-2/h3-8,15,17H,9-13H2,1-2H3,(H,24,31)(H,25,29)/t15-,17+/m0/s1. The van der Waals surface area contributed by atoms with Crippen LogP contribution in [0.1, 0.15) is 35.3 Å². The third-order valence-corrected chi connectivity index (χ3v) is 6.53. The number of nitrogens with one attached hydrogen (secondary N) is 2. The number of fused-ring (bicyclic) bond motifs is 4. The summed E-state index contributed by atoms with van der Waals surface area (Å²) in [6.07, 6.45) is 2.76. The summed E-state index contributed by atoms with van der Waals surface area (Å²) in [7, 11) is 0. The highest BCUT2D eigenvalue weighted by Crippen LogP contribution is 2.35. The molecule has 8 nitrogen and oxygen atoms in total. The molecule has 1 aromatic carbocycles. The number of hydrogen-bond donors (Lipinski definition) is 2. The molecule has 1 fully saturated rings. The first kappa shape index (κ1) is 22.1. The van der Waals surface area contributed by atoms with Crippen molar-refractivity contribution in [2.75, 3.05) is 35.7 Å². The Balaban J connectivity index is 1.47. The summed E-state index contributed by atoms with van der Waals surface area (Å²) in [6, 6.07) is 10.2. The predicted molar refractivity (Wildman–Crippen MR) is 126 cm³/mol. The number of piperidine rings is 1. The van der Waals surface area contributed by atoms with Gasteiger partial charge in [0.15, 0.2) is 5.78 Å². The van der Waals surface area contributed by atoms with Gasteiger partial charge in [-0.05, 0) is 61.9 Å². The lowest BCUT2D eigenvalue weighted by Gasteiger charge is -2.42. The number of amides is 3. The largest absolute Gasteiger partial charge is 0.324 e.